The SMILES string of the molecule is CC1CCC(CNc2cc(C(F)(F)F)ccc2Br)O1. The Labute approximate surface area is 118 Å². The van der Waals surface area contributed by atoms with E-state index in [-0.39, 0.29) is 12.2 Å². The molecule has 2 rings (SSSR count). The second-order valence-electron chi connectivity index (χ2n) is 4.72. The summed E-state index contributed by atoms with van der Waals surface area (Å²) in [6, 6.07) is 3.58. The van der Waals surface area contributed by atoms with Crippen molar-refractivity contribution in [1.82, 2.24) is 0 Å². The van der Waals surface area contributed by atoms with Crippen LogP contribution in [0.3, 0.4) is 0 Å². The summed E-state index contributed by atoms with van der Waals surface area (Å²) < 4.78 is 44.1. The maximum atomic E-state index is 12.6. The summed E-state index contributed by atoms with van der Waals surface area (Å²) in [6.45, 7) is 2.52. The van der Waals surface area contributed by atoms with E-state index < -0.39 is 11.7 Å². The third-order valence-electron chi connectivity index (χ3n) is 3.13. The molecule has 2 unspecified atom stereocenters. The summed E-state index contributed by atoms with van der Waals surface area (Å²) in [5.74, 6) is 0. The van der Waals surface area contributed by atoms with Crippen LogP contribution in [0.1, 0.15) is 25.3 Å². The van der Waals surface area contributed by atoms with Gasteiger partial charge >= 0.3 is 6.18 Å². The Balaban J connectivity index is 2.03. The zero-order chi connectivity index (χ0) is 14.0. The van der Waals surface area contributed by atoms with Crippen molar-refractivity contribution in [3.8, 4) is 0 Å². The highest BCUT2D eigenvalue weighted by Gasteiger charge is 2.31. The molecule has 0 aliphatic carbocycles. The van der Waals surface area contributed by atoms with Gasteiger partial charge in [0.25, 0.3) is 0 Å². The van der Waals surface area contributed by atoms with Crippen molar-refractivity contribution in [2.24, 2.45) is 0 Å². The normalized spacial score (nSPS) is 23.6. The maximum Gasteiger partial charge on any atom is 0.416 e. The number of halogens is 4. The van der Waals surface area contributed by atoms with Crippen LogP contribution < -0.4 is 5.32 Å². The fourth-order valence-electron chi connectivity index (χ4n) is 2.10. The van der Waals surface area contributed by atoms with Crippen LogP contribution in [0.2, 0.25) is 0 Å². The van der Waals surface area contributed by atoms with Gasteiger partial charge in [-0.3, -0.25) is 0 Å². The van der Waals surface area contributed by atoms with E-state index in [0.717, 1.165) is 25.0 Å². The van der Waals surface area contributed by atoms with Gasteiger partial charge in [-0.1, -0.05) is 0 Å². The molecule has 2 nitrogen and oxygen atoms in total. The first-order chi connectivity index (χ1) is 8.86. The van der Waals surface area contributed by atoms with Crippen molar-refractivity contribution in [2.45, 2.75) is 38.1 Å². The van der Waals surface area contributed by atoms with E-state index in [1.54, 1.807) is 0 Å². The second-order valence-corrected chi connectivity index (χ2v) is 5.57. The molecule has 1 aliphatic heterocycles. The van der Waals surface area contributed by atoms with Crippen molar-refractivity contribution in [2.75, 3.05) is 11.9 Å². The van der Waals surface area contributed by atoms with Crippen LogP contribution in [0.5, 0.6) is 0 Å². The Morgan fingerprint density at radius 2 is 2.11 bits per heavy atom. The smallest absolute Gasteiger partial charge is 0.382 e. The summed E-state index contributed by atoms with van der Waals surface area (Å²) in [5, 5.41) is 3.02. The van der Waals surface area contributed by atoms with Gasteiger partial charge in [-0.05, 0) is 53.9 Å². The standard InChI is InChI=1S/C13H15BrF3NO/c1-8-2-4-10(19-8)7-18-12-6-9(13(15,16)17)3-5-11(12)14/h3,5-6,8,10,18H,2,4,7H2,1H3. The minimum absolute atomic E-state index is 0.0662. The first-order valence-corrected chi connectivity index (χ1v) is 6.91. The average molecular weight is 338 g/mol. The van der Waals surface area contributed by atoms with Crippen LogP contribution in [0.15, 0.2) is 22.7 Å². The highest BCUT2D eigenvalue weighted by Crippen LogP contribution is 2.34. The van der Waals surface area contributed by atoms with Crippen LogP contribution in [-0.4, -0.2) is 18.8 Å². The van der Waals surface area contributed by atoms with Crippen LogP contribution in [-0.2, 0) is 10.9 Å². The van der Waals surface area contributed by atoms with Crippen molar-refractivity contribution in [3.63, 3.8) is 0 Å². The summed E-state index contributed by atoms with van der Waals surface area (Å²) in [6.07, 6.45) is -2.09. The zero-order valence-corrected chi connectivity index (χ0v) is 12.0. The van der Waals surface area contributed by atoms with E-state index in [1.807, 2.05) is 6.92 Å². The molecule has 106 valence electrons. The molecule has 0 radical (unpaired) electrons. The van der Waals surface area contributed by atoms with Gasteiger partial charge in [0.05, 0.1) is 17.8 Å². The quantitative estimate of drug-likeness (QED) is 0.879. The summed E-state index contributed by atoms with van der Waals surface area (Å²) in [4.78, 5) is 0. The van der Waals surface area contributed by atoms with Crippen molar-refractivity contribution in [1.29, 1.82) is 0 Å². The molecule has 0 saturated carbocycles. The van der Waals surface area contributed by atoms with Crippen LogP contribution in [0.4, 0.5) is 18.9 Å². The van der Waals surface area contributed by atoms with E-state index in [0.29, 0.717) is 16.7 Å². The number of ether oxygens (including phenoxy) is 1. The highest BCUT2D eigenvalue weighted by atomic mass is 79.9. The lowest BCUT2D eigenvalue weighted by Crippen LogP contribution is -2.20. The lowest BCUT2D eigenvalue weighted by atomic mass is 10.1. The van der Waals surface area contributed by atoms with Crippen LogP contribution in [0, 0.1) is 0 Å². The third-order valence-corrected chi connectivity index (χ3v) is 3.83. The van der Waals surface area contributed by atoms with E-state index in [4.69, 9.17) is 4.74 Å². The molecule has 1 N–H and O–H groups in total. The molecule has 1 aromatic carbocycles. The van der Waals surface area contributed by atoms with Crippen molar-refractivity contribution >= 4 is 21.6 Å². The number of benzene rings is 1. The minimum atomic E-state index is -4.32. The zero-order valence-electron chi connectivity index (χ0n) is 10.4. The number of hydrogen-bond donors (Lipinski definition) is 1. The fraction of sp³-hybridized carbons (Fsp3) is 0.538. The molecule has 0 bridgehead atoms. The van der Waals surface area contributed by atoms with Gasteiger partial charge < -0.3 is 10.1 Å². The number of rotatable bonds is 3. The Morgan fingerprint density at radius 1 is 1.37 bits per heavy atom. The molecule has 1 saturated heterocycles. The molecular formula is C13H15BrF3NO. The van der Waals surface area contributed by atoms with Crippen molar-refractivity contribution < 1.29 is 17.9 Å². The summed E-state index contributed by atoms with van der Waals surface area (Å²) in [7, 11) is 0. The summed E-state index contributed by atoms with van der Waals surface area (Å²) >= 11 is 3.25. The van der Waals surface area contributed by atoms with Crippen LogP contribution >= 0.6 is 15.9 Å². The number of alkyl halides is 3. The minimum Gasteiger partial charge on any atom is -0.382 e. The van der Waals surface area contributed by atoms with E-state index in [2.05, 4.69) is 21.2 Å². The van der Waals surface area contributed by atoms with E-state index >= 15 is 0 Å². The lowest BCUT2D eigenvalue weighted by molar-refractivity contribution is -0.137. The fourth-order valence-corrected chi connectivity index (χ4v) is 2.48. The predicted molar refractivity (Wildman–Crippen MR) is 71.2 cm³/mol. The molecule has 1 aromatic rings. The molecular weight excluding hydrogens is 323 g/mol. The van der Waals surface area contributed by atoms with Gasteiger partial charge in [0.15, 0.2) is 0 Å². The summed E-state index contributed by atoms with van der Waals surface area (Å²) in [5.41, 5.74) is -0.211. The predicted octanol–water partition coefficient (Wildman–Crippen LogP) is 4.45. The van der Waals surface area contributed by atoms with Gasteiger partial charge in [0.1, 0.15) is 0 Å². The largest absolute Gasteiger partial charge is 0.416 e. The van der Waals surface area contributed by atoms with Gasteiger partial charge in [0, 0.05) is 16.7 Å². The van der Waals surface area contributed by atoms with E-state index in [9.17, 15) is 13.2 Å². The highest BCUT2D eigenvalue weighted by molar-refractivity contribution is 9.10. The second kappa shape index (κ2) is 5.71. The average Bonchev–Trinajstić information content (AvgIpc) is 2.72. The Bertz CT molecular complexity index is 450. The Kier molecular flexibility index (Phi) is 4.40. The molecule has 1 heterocycles. The molecule has 1 fully saturated rings. The number of anilines is 1. The lowest BCUT2D eigenvalue weighted by Gasteiger charge is -2.16. The van der Waals surface area contributed by atoms with Gasteiger partial charge in [-0.25, -0.2) is 0 Å². The first-order valence-electron chi connectivity index (χ1n) is 6.12. The van der Waals surface area contributed by atoms with Gasteiger partial charge in [0.2, 0.25) is 0 Å². The molecule has 19 heavy (non-hydrogen) atoms. The first kappa shape index (κ1) is 14.7. The third kappa shape index (κ3) is 3.86. The maximum absolute atomic E-state index is 12.6. The van der Waals surface area contributed by atoms with Crippen molar-refractivity contribution in [3.05, 3.63) is 28.2 Å². The Morgan fingerprint density at radius 3 is 2.68 bits per heavy atom. The Hall–Kier alpha value is -0.750. The molecule has 0 aromatic heterocycles. The molecule has 1 aliphatic rings. The number of hydrogen-bond acceptors (Lipinski definition) is 2. The molecule has 0 amide bonds. The monoisotopic (exact) mass is 337 g/mol. The van der Waals surface area contributed by atoms with E-state index in [1.165, 1.54) is 6.07 Å². The van der Waals surface area contributed by atoms with Gasteiger partial charge in [-0.2, -0.15) is 13.2 Å². The van der Waals surface area contributed by atoms with Gasteiger partial charge in [-0.15, -0.1) is 0 Å². The topological polar surface area (TPSA) is 21.3 Å². The molecule has 2 atom stereocenters. The number of nitrogens with one attached hydrogen (secondary N) is 1. The molecule has 0 spiro atoms. The van der Waals surface area contributed by atoms with Crippen LogP contribution in [0.25, 0.3) is 0 Å². The molecule has 6 heteroatoms.